The van der Waals surface area contributed by atoms with Crippen molar-refractivity contribution in [2.24, 2.45) is 0 Å². The van der Waals surface area contributed by atoms with Crippen LogP contribution < -0.4 is 23.7 Å². The van der Waals surface area contributed by atoms with Gasteiger partial charge in [0.25, 0.3) is 0 Å². The van der Waals surface area contributed by atoms with Crippen molar-refractivity contribution >= 4 is 11.9 Å². The molecule has 0 heterocycles. The second-order valence-corrected chi connectivity index (χ2v) is 6.80. The lowest BCUT2D eigenvalue weighted by atomic mass is 9.96. The van der Waals surface area contributed by atoms with Crippen LogP contribution in [0.25, 0.3) is 22.3 Å². The van der Waals surface area contributed by atoms with E-state index < -0.39 is 11.9 Å². The summed E-state index contributed by atoms with van der Waals surface area (Å²) in [6.45, 7) is 2.60. The third kappa shape index (κ3) is 4.83. The molecule has 7 nitrogen and oxygen atoms in total. The Morgan fingerprint density at radius 2 is 1.12 bits per heavy atom. The summed E-state index contributed by atoms with van der Waals surface area (Å²) in [6, 6.07) is 16.0. The average Bonchev–Trinajstić information content (AvgIpc) is 2.78. The first-order valence-corrected chi connectivity index (χ1v) is 9.78. The van der Waals surface area contributed by atoms with Crippen LogP contribution in [0, 0.1) is 0 Å². The molecule has 0 aliphatic heterocycles. The van der Waals surface area contributed by atoms with E-state index >= 15 is 0 Å². The Morgan fingerprint density at radius 1 is 0.625 bits per heavy atom. The summed E-state index contributed by atoms with van der Waals surface area (Å²) in [5.74, 6) is 0.979. The van der Waals surface area contributed by atoms with E-state index in [0.717, 1.165) is 5.56 Å². The molecule has 0 bridgehead atoms. The van der Waals surface area contributed by atoms with Crippen LogP contribution in [-0.4, -0.2) is 33.3 Å². The zero-order valence-electron chi connectivity index (χ0n) is 18.6. The minimum Gasteiger partial charge on any atom is -0.497 e. The first-order chi connectivity index (χ1) is 15.4. The second kappa shape index (κ2) is 9.87. The zero-order chi connectivity index (χ0) is 23.3. The van der Waals surface area contributed by atoms with Gasteiger partial charge in [-0.2, -0.15) is 0 Å². The number of ether oxygens (including phenoxy) is 5. The van der Waals surface area contributed by atoms with Crippen molar-refractivity contribution in [1.82, 2.24) is 0 Å². The number of hydrogen-bond donors (Lipinski definition) is 0. The smallest absolute Gasteiger partial charge is 0.308 e. The molecule has 0 saturated heterocycles. The Morgan fingerprint density at radius 3 is 1.56 bits per heavy atom. The lowest BCUT2D eigenvalue weighted by Gasteiger charge is -2.20. The van der Waals surface area contributed by atoms with Crippen molar-refractivity contribution in [2.75, 3.05) is 21.3 Å². The molecule has 0 fully saturated rings. The molecule has 7 heteroatoms. The Kier molecular flexibility index (Phi) is 7.00. The van der Waals surface area contributed by atoms with Gasteiger partial charge in [-0.05, 0) is 41.5 Å². The molecule has 0 aromatic heterocycles. The van der Waals surface area contributed by atoms with Crippen molar-refractivity contribution in [3.05, 3.63) is 54.6 Å². The van der Waals surface area contributed by atoms with Crippen LogP contribution in [0.15, 0.2) is 54.6 Å². The molecule has 0 N–H and O–H groups in total. The van der Waals surface area contributed by atoms with Crippen LogP contribution in [0.1, 0.15) is 13.8 Å². The molecule has 0 aliphatic rings. The fraction of sp³-hybridized carbons (Fsp3) is 0.200. The Labute approximate surface area is 186 Å². The molecule has 166 valence electrons. The molecule has 3 rings (SSSR count). The predicted molar refractivity (Wildman–Crippen MR) is 120 cm³/mol. The van der Waals surface area contributed by atoms with Gasteiger partial charge in [-0.25, -0.2) is 0 Å². The van der Waals surface area contributed by atoms with Crippen molar-refractivity contribution < 1.29 is 33.3 Å². The third-order valence-electron chi connectivity index (χ3n) is 4.68. The summed E-state index contributed by atoms with van der Waals surface area (Å²) in [6.07, 6.45) is 0. The van der Waals surface area contributed by atoms with Crippen molar-refractivity contribution in [3.8, 4) is 51.0 Å². The molecule has 0 unspecified atom stereocenters. The molecule has 0 amide bonds. The SMILES string of the molecule is COc1ccc(-c2cc(OC(C)=O)c(-c3ccc(OC)cc3)c(OC(C)=O)c2OC)cc1. The van der Waals surface area contributed by atoms with Crippen LogP contribution in [-0.2, 0) is 9.59 Å². The summed E-state index contributed by atoms with van der Waals surface area (Å²) < 4.78 is 27.3. The van der Waals surface area contributed by atoms with Crippen LogP contribution in [0.2, 0.25) is 0 Å². The minimum atomic E-state index is -0.543. The molecule has 0 atom stereocenters. The summed E-state index contributed by atoms with van der Waals surface area (Å²) in [5.41, 5.74) is 2.40. The summed E-state index contributed by atoms with van der Waals surface area (Å²) in [4.78, 5) is 23.9. The van der Waals surface area contributed by atoms with Crippen LogP contribution in [0.3, 0.4) is 0 Å². The molecule has 0 spiro atoms. The van der Waals surface area contributed by atoms with Crippen molar-refractivity contribution in [1.29, 1.82) is 0 Å². The van der Waals surface area contributed by atoms with Gasteiger partial charge in [0.1, 0.15) is 17.2 Å². The van der Waals surface area contributed by atoms with Crippen LogP contribution in [0.5, 0.6) is 28.7 Å². The van der Waals surface area contributed by atoms with E-state index in [1.807, 2.05) is 12.1 Å². The molecule has 3 aromatic rings. The van der Waals surface area contributed by atoms with E-state index in [2.05, 4.69) is 0 Å². The van der Waals surface area contributed by atoms with Crippen LogP contribution >= 0.6 is 0 Å². The predicted octanol–water partition coefficient (Wildman–Crippen LogP) is 4.90. The summed E-state index contributed by atoms with van der Waals surface area (Å²) >= 11 is 0. The number of carbonyl (C=O) groups excluding carboxylic acids is 2. The van der Waals surface area contributed by atoms with Crippen LogP contribution in [0.4, 0.5) is 0 Å². The average molecular weight is 436 g/mol. The highest BCUT2D eigenvalue weighted by atomic mass is 16.6. The first-order valence-electron chi connectivity index (χ1n) is 9.78. The van der Waals surface area contributed by atoms with Gasteiger partial charge in [0, 0.05) is 19.4 Å². The standard InChI is InChI=1S/C25H24O7/c1-15(26)31-22-14-21(17-6-10-19(28-3)11-7-17)24(30-5)25(32-16(2)27)23(22)18-8-12-20(29-4)13-9-18/h6-14H,1-5H3. The summed E-state index contributed by atoms with van der Waals surface area (Å²) in [7, 11) is 4.63. The van der Waals surface area contributed by atoms with E-state index in [-0.39, 0.29) is 11.5 Å². The molecule has 0 radical (unpaired) electrons. The number of esters is 2. The topological polar surface area (TPSA) is 80.3 Å². The molecule has 3 aromatic carbocycles. The number of benzene rings is 3. The first kappa shape index (κ1) is 22.7. The highest BCUT2D eigenvalue weighted by Crippen LogP contribution is 2.50. The number of hydrogen-bond acceptors (Lipinski definition) is 7. The zero-order valence-corrected chi connectivity index (χ0v) is 18.6. The quantitative estimate of drug-likeness (QED) is 0.385. The lowest BCUT2D eigenvalue weighted by molar-refractivity contribution is -0.132. The molecule has 0 saturated carbocycles. The molecule has 32 heavy (non-hydrogen) atoms. The lowest BCUT2D eigenvalue weighted by Crippen LogP contribution is -2.09. The van der Waals surface area contributed by atoms with Gasteiger partial charge in [0.15, 0.2) is 11.5 Å². The second-order valence-electron chi connectivity index (χ2n) is 6.80. The van der Waals surface area contributed by atoms with E-state index in [1.54, 1.807) is 56.7 Å². The highest BCUT2D eigenvalue weighted by molar-refractivity contribution is 5.91. The molecular weight excluding hydrogens is 412 g/mol. The molecule has 0 aliphatic carbocycles. The normalized spacial score (nSPS) is 10.3. The van der Waals surface area contributed by atoms with Gasteiger partial charge in [0.05, 0.1) is 26.9 Å². The molecular formula is C25H24O7. The maximum absolute atomic E-state index is 12.0. The van der Waals surface area contributed by atoms with E-state index in [4.69, 9.17) is 23.7 Å². The van der Waals surface area contributed by atoms with E-state index in [0.29, 0.717) is 33.9 Å². The van der Waals surface area contributed by atoms with Gasteiger partial charge in [0.2, 0.25) is 0 Å². The fourth-order valence-electron chi connectivity index (χ4n) is 3.31. The van der Waals surface area contributed by atoms with Gasteiger partial charge >= 0.3 is 11.9 Å². The number of methoxy groups -OCH3 is 3. The summed E-state index contributed by atoms with van der Waals surface area (Å²) in [5, 5.41) is 0. The largest absolute Gasteiger partial charge is 0.497 e. The van der Waals surface area contributed by atoms with Gasteiger partial charge in [-0.15, -0.1) is 0 Å². The fourth-order valence-corrected chi connectivity index (χ4v) is 3.31. The monoisotopic (exact) mass is 436 g/mol. The van der Waals surface area contributed by atoms with Gasteiger partial charge in [-0.3, -0.25) is 9.59 Å². The third-order valence-corrected chi connectivity index (χ3v) is 4.68. The Balaban J connectivity index is 2.34. The van der Waals surface area contributed by atoms with Crippen molar-refractivity contribution in [2.45, 2.75) is 13.8 Å². The van der Waals surface area contributed by atoms with E-state index in [9.17, 15) is 9.59 Å². The minimum absolute atomic E-state index is 0.148. The Hall–Kier alpha value is -4.00. The maximum Gasteiger partial charge on any atom is 0.308 e. The number of carbonyl (C=O) groups is 2. The number of rotatable bonds is 7. The maximum atomic E-state index is 12.0. The van der Waals surface area contributed by atoms with Gasteiger partial charge in [-0.1, -0.05) is 24.3 Å². The van der Waals surface area contributed by atoms with Crippen molar-refractivity contribution in [3.63, 3.8) is 0 Å². The highest BCUT2D eigenvalue weighted by Gasteiger charge is 2.25. The van der Waals surface area contributed by atoms with E-state index in [1.165, 1.54) is 21.0 Å². The Bertz CT molecular complexity index is 1120. The van der Waals surface area contributed by atoms with Gasteiger partial charge < -0.3 is 23.7 Å².